The van der Waals surface area contributed by atoms with E-state index in [0.717, 1.165) is 11.1 Å². The Hall–Kier alpha value is -4.86. The summed E-state index contributed by atoms with van der Waals surface area (Å²) in [5.74, 6) is 0.158. The number of nitrogens with two attached hydrogens (primary N) is 1. The lowest BCUT2D eigenvalue weighted by molar-refractivity contribution is 0.0464. The average Bonchev–Trinajstić information content (AvgIpc) is 3.30. The van der Waals surface area contributed by atoms with E-state index in [0.29, 0.717) is 34.8 Å². The van der Waals surface area contributed by atoms with Crippen molar-refractivity contribution in [2.45, 2.75) is 13.2 Å². The predicted molar refractivity (Wildman–Crippen MR) is 136 cm³/mol. The van der Waals surface area contributed by atoms with Gasteiger partial charge in [0.1, 0.15) is 0 Å². The van der Waals surface area contributed by atoms with Crippen molar-refractivity contribution in [1.29, 1.82) is 0 Å². The standard InChI is InChI=1S/C26H24N8O2/c1-33(2)26-31-22(30-25(27)32-26)16-36-24(35)19-13-21(18-11-7-4-8-12-18)29-23-20(19)14-28-34(23)15-17-9-5-3-6-10-17/h3-14H,15-16H2,1-2H3,(H2,27,30,31,32). The van der Waals surface area contributed by atoms with E-state index < -0.39 is 5.97 Å². The fraction of sp³-hybridized carbons (Fsp3) is 0.154. The molecule has 10 nitrogen and oxygen atoms in total. The minimum absolute atomic E-state index is 0.0552. The first kappa shape index (κ1) is 22.9. The molecule has 0 saturated carbocycles. The third-order valence-corrected chi connectivity index (χ3v) is 5.49. The van der Waals surface area contributed by atoms with Gasteiger partial charge in [-0.1, -0.05) is 60.7 Å². The van der Waals surface area contributed by atoms with Crippen molar-refractivity contribution in [2.24, 2.45) is 0 Å². The molecule has 3 aromatic heterocycles. The monoisotopic (exact) mass is 480 g/mol. The van der Waals surface area contributed by atoms with Crippen molar-refractivity contribution in [3.8, 4) is 11.3 Å². The number of nitrogens with zero attached hydrogens (tertiary/aromatic N) is 7. The highest BCUT2D eigenvalue weighted by molar-refractivity contribution is 6.03. The molecule has 0 aliphatic rings. The number of nitrogen functional groups attached to an aromatic ring is 1. The van der Waals surface area contributed by atoms with Crippen LogP contribution in [0.5, 0.6) is 0 Å². The van der Waals surface area contributed by atoms with Gasteiger partial charge in [-0.3, -0.25) is 0 Å². The molecule has 5 aromatic rings. The van der Waals surface area contributed by atoms with Gasteiger partial charge < -0.3 is 15.4 Å². The predicted octanol–water partition coefficient (Wildman–Crippen LogP) is 3.34. The van der Waals surface area contributed by atoms with E-state index in [1.165, 1.54) is 0 Å². The maximum atomic E-state index is 13.3. The second-order valence-electron chi connectivity index (χ2n) is 8.33. The number of ether oxygens (including phenoxy) is 1. The van der Waals surface area contributed by atoms with Gasteiger partial charge in [0, 0.05) is 19.7 Å². The molecule has 2 N–H and O–H groups in total. The number of esters is 1. The van der Waals surface area contributed by atoms with E-state index in [4.69, 9.17) is 15.5 Å². The normalized spacial score (nSPS) is 10.9. The van der Waals surface area contributed by atoms with Crippen molar-refractivity contribution in [3.05, 3.63) is 89.9 Å². The van der Waals surface area contributed by atoms with Gasteiger partial charge in [-0.15, -0.1) is 0 Å². The molecule has 3 heterocycles. The molecule has 180 valence electrons. The quantitative estimate of drug-likeness (QED) is 0.349. The van der Waals surface area contributed by atoms with E-state index in [1.807, 2.05) is 60.7 Å². The topological polar surface area (TPSA) is 125 Å². The van der Waals surface area contributed by atoms with E-state index >= 15 is 0 Å². The molecule has 2 aromatic carbocycles. The highest BCUT2D eigenvalue weighted by Crippen LogP contribution is 2.26. The van der Waals surface area contributed by atoms with Gasteiger partial charge >= 0.3 is 5.97 Å². The molecule has 0 atom stereocenters. The molecule has 0 saturated heterocycles. The lowest BCUT2D eigenvalue weighted by Gasteiger charge is -2.12. The zero-order valence-electron chi connectivity index (χ0n) is 19.9. The third kappa shape index (κ3) is 4.83. The largest absolute Gasteiger partial charge is 0.454 e. The number of pyridine rings is 1. The van der Waals surface area contributed by atoms with Crippen LogP contribution in [0, 0.1) is 0 Å². The summed E-state index contributed by atoms with van der Waals surface area (Å²) < 4.78 is 7.38. The lowest BCUT2D eigenvalue weighted by atomic mass is 10.1. The lowest BCUT2D eigenvalue weighted by Crippen LogP contribution is -2.17. The molecular weight excluding hydrogens is 456 g/mol. The summed E-state index contributed by atoms with van der Waals surface area (Å²) in [6.07, 6.45) is 1.64. The Morgan fingerprint density at radius 3 is 2.42 bits per heavy atom. The van der Waals surface area contributed by atoms with Gasteiger partial charge in [-0.05, 0) is 11.6 Å². The van der Waals surface area contributed by atoms with E-state index in [9.17, 15) is 4.79 Å². The highest BCUT2D eigenvalue weighted by atomic mass is 16.5. The number of carbonyl (C=O) groups is 1. The summed E-state index contributed by atoms with van der Waals surface area (Å²) in [4.78, 5) is 32.3. The van der Waals surface area contributed by atoms with Crippen LogP contribution in [-0.4, -0.2) is 49.8 Å². The van der Waals surface area contributed by atoms with Gasteiger partial charge in [0.2, 0.25) is 11.9 Å². The first-order valence-corrected chi connectivity index (χ1v) is 11.3. The van der Waals surface area contributed by atoms with Crippen molar-refractivity contribution < 1.29 is 9.53 Å². The van der Waals surface area contributed by atoms with Crippen LogP contribution in [0.15, 0.2) is 72.9 Å². The average molecular weight is 481 g/mol. The van der Waals surface area contributed by atoms with Crippen molar-refractivity contribution in [3.63, 3.8) is 0 Å². The van der Waals surface area contributed by atoms with Crippen molar-refractivity contribution in [2.75, 3.05) is 24.7 Å². The number of carbonyl (C=O) groups excluding carboxylic acids is 1. The van der Waals surface area contributed by atoms with Gasteiger partial charge in [-0.25, -0.2) is 14.5 Å². The third-order valence-electron chi connectivity index (χ3n) is 5.49. The summed E-state index contributed by atoms with van der Waals surface area (Å²) in [5, 5.41) is 5.12. The number of aromatic nitrogens is 6. The summed E-state index contributed by atoms with van der Waals surface area (Å²) in [7, 11) is 3.58. The van der Waals surface area contributed by atoms with Crippen LogP contribution in [0.4, 0.5) is 11.9 Å². The molecule has 0 bridgehead atoms. The van der Waals surface area contributed by atoms with Crippen molar-refractivity contribution in [1.82, 2.24) is 29.7 Å². The first-order chi connectivity index (χ1) is 17.5. The maximum absolute atomic E-state index is 13.3. The second-order valence-corrected chi connectivity index (χ2v) is 8.33. The number of hydrogen-bond acceptors (Lipinski definition) is 9. The molecule has 10 heteroatoms. The molecule has 0 aliphatic carbocycles. The van der Waals surface area contributed by atoms with Crippen LogP contribution in [0.2, 0.25) is 0 Å². The number of hydrogen-bond donors (Lipinski definition) is 1. The SMILES string of the molecule is CN(C)c1nc(N)nc(COC(=O)c2cc(-c3ccccc3)nc3c2cnn3Cc2ccccc2)n1. The van der Waals surface area contributed by atoms with Crippen LogP contribution in [0.3, 0.4) is 0 Å². The molecule has 36 heavy (non-hydrogen) atoms. The summed E-state index contributed by atoms with van der Waals surface area (Å²) in [6, 6.07) is 21.3. The molecule has 5 rings (SSSR count). The maximum Gasteiger partial charge on any atom is 0.339 e. The van der Waals surface area contributed by atoms with Gasteiger partial charge in [0.15, 0.2) is 18.1 Å². The van der Waals surface area contributed by atoms with Crippen molar-refractivity contribution >= 4 is 28.9 Å². The fourth-order valence-electron chi connectivity index (χ4n) is 3.74. The minimum Gasteiger partial charge on any atom is -0.454 e. The Bertz CT molecular complexity index is 1520. The van der Waals surface area contributed by atoms with Crippen LogP contribution >= 0.6 is 0 Å². The number of benzene rings is 2. The summed E-state index contributed by atoms with van der Waals surface area (Å²) in [5.41, 5.74) is 9.33. The number of rotatable bonds is 7. The molecule has 0 amide bonds. The highest BCUT2D eigenvalue weighted by Gasteiger charge is 2.20. The minimum atomic E-state index is -0.538. The smallest absolute Gasteiger partial charge is 0.339 e. The molecule has 0 spiro atoms. The molecule has 0 radical (unpaired) electrons. The number of anilines is 2. The van der Waals surface area contributed by atoms with Crippen LogP contribution in [0.25, 0.3) is 22.3 Å². The Balaban J connectivity index is 1.51. The van der Waals surface area contributed by atoms with Gasteiger partial charge in [-0.2, -0.15) is 20.1 Å². The Morgan fingerprint density at radius 1 is 0.972 bits per heavy atom. The zero-order valence-corrected chi connectivity index (χ0v) is 19.9. The Morgan fingerprint density at radius 2 is 1.69 bits per heavy atom. The molecule has 0 unspecified atom stereocenters. The second kappa shape index (κ2) is 9.79. The Labute approximate surface area is 207 Å². The van der Waals surface area contributed by atoms with Crippen LogP contribution in [0.1, 0.15) is 21.7 Å². The molecule has 0 aliphatic heterocycles. The number of fused-ring (bicyclic) bond motifs is 1. The van der Waals surface area contributed by atoms with Gasteiger partial charge in [0.25, 0.3) is 0 Å². The van der Waals surface area contributed by atoms with Gasteiger partial charge in [0.05, 0.1) is 29.4 Å². The van der Waals surface area contributed by atoms with Crippen LogP contribution < -0.4 is 10.6 Å². The molecular formula is C26H24N8O2. The summed E-state index contributed by atoms with van der Waals surface area (Å²) >= 11 is 0. The zero-order chi connectivity index (χ0) is 25.1. The van der Waals surface area contributed by atoms with E-state index in [2.05, 4.69) is 20.1 Å². The van der Waals surface area contributed by atoms with Crippen LogP contribution in [-0.2, 0) is 17.9 Å². The fourth-order valence-corrected chi connectivity index (χ4v) is 3.74. The van der Waals surface area contributed by atoms with E-state index in [-0.39, 0.29) is 18.4 Å². The molecule has 0 fully saturated rings. The van der Waals surface area contributed by atoms with E-state index in [1.54, 1.807) is 35.9 Å². The first-order valence-electron chi connectivity index (χ1n) is 11.3. The summed E-state index contributed by atoms with van der Waals surface area (Å²) in [6.45, 7) is 0.358. The Kier molecular flexibility index (Phi) is 6.23.